The molecular formula is C16H22N4OS. The molecule has 6 heteroatoms. The first-order chi connectivity index (χ1) is 10.5. The maximum absolute atomic E-state index is 12.0. The zero-order valence-electron chi connectivity index (χ0n) is 13.4. The molecule has 118 valence electrons. The Balaban J connectivity index is 2.11. The monoisotopic (exact) mass is 318 g/mol. The van der Waals surface area contributed by atoms with Gasteiger partial charge in [0, 0.05) is 6.04 Å². The lowest BCUT2D eigenvalue weighted by Crippen LogP contribution is -2.36. The van der Waals surface area contributed by atoms with E-state index in [-0.39, 0.29) is 17.2 Å². The molecule has 1 heterocycles. The first kappa shape index (κ1) is 16.5. The van der Waals surface area contributed by atoms with E-state index in [0.717, 1.165) is 11.0 Å². The van der Waals surface area contributed by atoms with Gasteiger partial charge >= 0.3 is 0 Å². The molecule has 0 aliphatic heterocycles. The van der Waals surface area contributed by atoms with Crippen molar-refractivity contribution in [3.63, 3.8) is 0 Å². The molecular weight excluding hydrogens is 296 g/mol. The van der Waals surface area contributed by atoms with Gasteiger partial charge in [-0.3, -0.25) is 4.79 Å². The summed E-state index contributed by atoms with van der Waals surface area (Å²) in [5.74, 6) is 0.870. The minimum absolute atomic E-state index is 0.0203. The number of carbonyl (C=O) groups excluding carboxylic acids is 1. The SMILES string of the molecule is Cc1nnc(SC(C)C(=O)NC(C)C)n1Cc1ccccc1. The van der Waals surface area contributed by atoms with E-state index in [4.69, 9.17) is 0 Å². The van der Waals surface area contributed by atoms with Crippen LogP contribution in [0.4, 0.5) is 0 Å². The molecule has 0 bridgehead atoms. The van der Waals surface area contributed by atoms with Gasteiger partial charge in [0.1, 0.15) is 5.82 Å². The van der Waals surface area contributed by atoms with E-state index in [2.05, 4.69) is 27.6 Å². The third-order valence-corrected chi connectivity index (χ3v) is 4.25. The summed E-state index contributed by atoms with van der Waals surface area (Å²) in [6.45, 7) is 8.44. The number of rotatable bonds is 6. The number of benzene rings is 1. The Morgan fingerprint density at radius 1 is 1.23 bits per heavy atom. The predicted molar refractivity (Wildman–Crippen MR) is 88.9 cm³/mol. The van der Waals surface area contributed by atoms with Crippen molar-refractivity contribution in [3.8, 4) is 0 Å². The lowest BCUT2D eigenvalue weighted by Gasteiger charge is -2.14. The third kappa shape index (κ3) is 4.34. The van der Waals surface area contributed by atoms with Crippen molar-refractivity contribution in [3.05, 3.63) is 41.7 Å². The normalized spacial score (nSPS) is 12.4. The molecule has 1 atom stereocenters. The summed E-state index contributed by atoms with van der Waals surface area (Å²) in [4.78, 5) is 12.0. The number of hydrogen-bond donors (Lipinski definition) is 1. The van der Waals surface area contributed by atoms with Gasteiger partial charge in [0.15, 0.2) is 5.16 Å². The number of nitrogens with zero attached hydrogens (tertiary/aromatic N) is 3. The lowest BCUT2D eigenvalue weighted by atomic mass is 10.2. The maximum Gasteiger partial charge on any atom is 0.233 e. The highest BCUT2D eigenvalue weighted by molar-refractivity contribution is 8.00. The van der Waals surface area contributed by atoms with Gasteiger partial charge in [-0.05, 0) is 33.3 Å². The van der Waals surface area contributed by atoms with Crippen LogP contribution in [0.1, 0.15) is 32.2 Å². The molecule has 1 aromatic heterocycles. The summed E-state index contributed by atoms with van der Waals surface area (Å²) in [5, 5.41) is 11.8. The van der Waals surface area contributed by atoms with Gasteiger partial charge in [-0.15, -0.1) is 10.2 Å². The average Bonchev–Trinajstić information content (AvgIpc) is 2.80. The van der Waals surface area contributed by atoms with Crippen LogP contribution in [0, 0.1) is 6.92 Å². The first-order valence-electron chi connectivity index (χ1n) is 7.38. The van der Waals surface area contributed by atoms with Crippen molar-refractivity contribution < 1.29 is 4.79 Å². The second-order valence-corrected chi connectivity index (χ2v) is 6.83. The average molecular weight is 318 g/mol. The van der Waals surface area contributed by atoms with Crippen LogP contribution < -0.4 is 5.32 Å². The van der Waals surface area contributed by atoms with E-state index < -0.39 is 0 Å². The number of amides is 1. The maximum atomic E-state index is 12.0. The van der Waals surface area contributed by atoms with Gasteiger partial charge in [0.2, 0.25) is 5.91 Å². The van der Waals surface area contributed by atoms with Crippen molar-refractivity contribution in [2.75, 3.05) is 0 Å². The zero-order valence-corrected chi connectivity index (χ0v) is 14.2. The fourth-order valence-electron chi connectivity index (χ4n) is 2.01. The van der Waals surface area contributed by atoms with Crippen LogP contribution in [0.25, 0.3) is 0 Å². The number of hydrogen-bond acceptors (Lipinski definition) is 4. The number of thioether (sulfide) groups is 1. The quantitative estimate of drug-likeness (QED) is 0.832. The van der Waals surface area contributed by atoms with Gasteiger partial charge in [0.05, 0.1) is 11.8 Å². The van der Waals surface area contributed by atoms with Crippen molar-refractivity contribution in [1.82, 2.24) is 20.1 Å². The summed E-state index contributed by atoms with van der Waals surface area (Å²) in [5.41, 5.74) is 1.19. The van der Waals surface area contributed by atoms with Gasteiger partial charge in [-0.2, -0.15) is 0 Å². The predicted octanol–water partition coefficient (Wildman–Crippen LogP) is 2.64. The molecule has 0 fully saturated rings. The smallest absolute Gasteiger partial charge is 0.233 e. The van der Waals surface area contributed by atoms with E-state index in [1.807, 2.05) is 50.5 Å². The van der Waals surface area contributed by atoms with Crippen LogP contribution in [-0.2, 0) is 11.3 Å². The second-order valence-electron chi connectivity index (χ2n) is 5.52. The highest BCUT2D eigenvalue weighted by Gasteiger charge is 2.19. The van der Waals surface area contributed by atoms with Crippen molar-refractivity contribution in [1.29, 1.82) is 0 Å². The Kier molecular flexibility index (Phi) is 5.60. The Hall–Kier alpha value is -1.82. The number of nitrogens with one attached hydrogen (secondary N) is 1. The molecule has 5 nitrogen and oxygen atoms in total. The molecule has 1 N–H and O–H groups in total. The summed E-state index contributed by atoms with van der Waals surface area (Å²) < 4.78 is 2.04. The Bertz CT molecular complexity index is 624. The summed E-state index contributed by atoms with van der Waals surface area (Å²) >= 11 is 1.44. The largest absolute Gasteiger partial charge is 0.353 e. The fraction of sp³-hybridized carbons (Fsp3) is 0.438. The van der Waals surface area contributed by atoms with Crippen molar-refractivity contribution >= 4 is 17.7 Å². The highest BCUT2D eigenvalue weighted by atomic mass is 32.2. The van der Waals surface area contributed by atoms with Gasteiger partial charge < -0.3 is 9.88 Å². The van der Waals surface area contributed by atoms with Crippen LogP contribution in [0.15, 0.2) is 35.5 Å². The number of aromatic nitrogens is 3. The Labute approximate surface area is 135 Å². The van der Waals surface area contributed by atoms with E-state index in [1.54, 1.807) is 0 Å². The van der Waals surface area contributed by atoms with E-state index >= 15 is 0 Å². The first-order valence-corrected chi connectivity index (χ1v) is 8.26. The fourth-order valence-corrected chi connectivity index (χ4v) is 2.91. The summed E-state index contributed by atoms with van der Waals surface area (Å²) in [6, 6.07) is 10.3. The molecule has 1 amide bonds. The van der Waals surface area contributed by atoms with E-state index in [1.165, 1.54) is 17.3 Å². The van der Waals surface area contributed by atoms with E-state index in [0.29, 0.717) is 6.54 Å². The van der Waals surface area contributed by atoms with Crippen molar-refractivity contribution in [2.24, 2.45) is 0 Å². The van der Waals surface area contributed by atoms with Crippen LogP contribution >= 0.6 is 11.8 Å². The molecule has 0 aliphatic carbocycles. The summed E-state index contributed by atoms with van der Waals surface area (Å²) in [7, 11) is 0. The topological polar surface area (TPSA) is 59.8 Å². The molecule has 0 radical (unpaired) electrons. The Morgan fingerprint density at radius 2 is 1.91 bits per heavy atom. The molecule has 2 rings (SSSR count). The second kappa shape index (κ2) is 7.45. The summed E-state index contributed by atoms with van der Waals surface area (Å²) in [6.07, 6.45) is 0. The Morgan fingerprint density at radius 3 is 2.55 bits per heavy atom. The minimum Gasteiger partial charge on any atom is -0.353 e. The standard InChI is InChI=1S/C16H22N4OS/c1-11(2)17-15(21)12(3)22-16-19-18-13(4)20(16)10-14-8-6-5-7-9-14/h5-9,11-12H,10H2,1-4H3,(H,17,21). The molecule has 0 saturated heterocycles. The van der Waals surface area contributed by atoms with Crippen LogP contribution in [-0.4, -0.2) is 32.0 Å². The molecule has 0 saturated carbocycles. The molecule has 1 aromatic carbocycles. The van der Waals surface area contributed by atoms with Gasteiger partial charge in [-0.25, -0.2) is 0 Å². The lowest BCUT2D eigenvalue weighted by molar-refractivity contribution is -0.120. The third-order valence-electron chi connectivity index (χ3n) is 3.17. The molecule has 22 heavy (non-hydrogen) atoms. The molecule has 2 aromatic rings. The van der Waals surface area contributed by atoms with Crippen LogP contribution in [0.2, 0.25) is 0 Å². The van der Waals surface area contributed by atoms with Gasteiger partial charge in [0.25, 0.3) is 0 Å². The zero-order chi connectivity index (χ0) is 16.1. The highest BCUT2D eigenvalue weighted by Crippen LogP contribution is 2.23. The minimum atomic E-state index is -0.208. The van der Waals surface area contributed by atoms with E-state index in [9.17, 15) is 4.79 Å². The molecule has 0 spiro atoms. The van der Waals surface area contributed by atoms with Crippen LogP contribution in [0.5, 0.6) is 0 Å². The van der Waals surface area contributed by atoms with Gasteiger partial charge in [-0.1, -0.05) is 42.1 Å². The number of carbonyl (C=O) groups is 1. The molecule has 0 aliphatic rings. The number of aryl methyl sites for hydroxylation is 1. The van der Waals surface area contributed by atoms with Crippen LogP contribution in [0.3, 0.4) is 0 Å². The van der Waals surface area contributed by atoms with Crippen molar-refractivity contribution in [2.45, 2.75) is 50.7 Å². The molecule has 1 unspecified atom stereocenters.